The first-order valence-electron chi connectivity index (χ1n) is 5.74. The summed E-state index contributed by atoms with van der Waals surface area (Å²) in [4.78, 5) is 0.0403. The van der Waals surface area contributed by atoms with Gasteiger partial charge in [-0.15, -0.1) is 0 Å². The van der Waals surface area contributed by atoms with Crippen LogP contribution in [0.5, 0.6) is 0 Å². The lowest BCUT2D eigenvalue weighted by Gasteiger charge is -2.13. The second-order valence-electron chi connectivity index (χ2n) is 4.35. The maximum atomic E-state index is 12.4. The van der Waals surface area contributed by atoms with Crippen LogP contribution in [0.15, 0.2) is 39.7 Å². The van der Waals surface area contributed by atoms with Crippen LogP contribution in [0.1, 0.15) is 5.56 Å². The fourth-order valence-electron chi connectivity index (χ4n) is 1.72. The van der Waals surface area contributed by atoms with Crippen molar-refractivity contribution in [3.05, 3.63) is 50.4 Å². The molecule has 4 nitrogen and oxygen atoms in total. The molecule has 0 amide bonds. The van der Waals surface area contributed by atoms with E-state index in [1.54, 1.807) is 25.1 Å². The number of hydrogen-bond acceptors (Lipinski definition) is 3. The second kappa shape index (κ2) is 6.04. The topological polar surface area (TPSA) is 72.2 Å². The van der Waals surface area contributed by atoms with Crippen LogP contribution in [-0.4, -0.2) is 8.42 Å². The van der Waals surface area contributed by atoms with Crippen LogP contribution in [0.25, 0.3) is 0 Å². The van der Waals surface area contributed by atoms with E-state index in [2.05, 4.69) is 20.7 Å². The molecule has 0 saturated heterocycles. The smallest absolute Gasteiger partial charge is 0.262 e. The maximum absolute atomic E-state index is 12.4. The zero-order valence-corrected chi connectivity index (χ0v) is 14.7. The highest BCUT2D eigenvalue weighted by Crippen LogP contribution is 2.30. The summed E-state index contributed by atoms with van der Waals surface area (Å²) >= 11 is 15.0. The van der Waals surface area contributed by atoms with Crippen LogP contribution in [0.3, 0.4) is 0 Å². The van der Waals surface area contributed by atoms with E-state index in [0.717, 1.165) is 0 Å². The molecule has 0 aliphatic heterocycles. The quantitative estimate of drug-likeness (QED) is 0.735. The summed E-state index contributed by atoms with van der Waals surface area (Å²) in [5.74, 6) is 0. The highest BCUT2D eigenvalue weighted by molar-refractivity contribution is 9.10. The monoisotopic (exact) mass is 408 g/mol. The van der Waals surface area contributed by atoms with E-state index in [1.165, 1.54) is 12.1 Å². The summed E-state index contributed by atoms with van der Waals surface area (Å²) in [6.45, 7) is 1.62. The number of benzene rings is 2. The number of hydrogen-bond donors (Lipinski definition) is 2. The van der Waals surface area contributed by atoms with E-state index in [4.69, 9.17) is 28.9 Å². The molecule has 0 fully saturated rings. The van der Waals surface area contributed by atoms with Crippen LogP contribution in [0, 0.1) is 6.92 Å². The molecule has 112 valence electrons. The zero-order valence-electron chi connectivity index (χ0n) is 10.8. The van der Waals surface area contributed by atoms with Crippen molar-refractivity contribution >= 4 is 60.5 Å². The summed E-state index contributed by atoms with van der Waals surface area (Å²) in [6.07, 6.45) is 0. The lowest BCUT2D eigenvalue weighted by atomic mass is 10.2. The SMILES string of the molecule is Cc1c(N)cc(Cl)cc1S(=O)(=O)Nc1ccc(Cl)c(Br)c1. The molecule has 8 heteroatoms. The van der Waals surface area contributed by atoms with Gasteiger partial charge < -0.3 is 5.73 Å². The van der Waals surface area contributed by atoms with Crippen LogP contribution in [0.4, 0.5) is 11.4 Å². The van der Waals surface area contributed by atoms with E-state index in [-0.39, 0.29) is 9.92 Å². The Hall–Kier alpha value is -0.950. The van der Waals surface area contributed by atoms with Gasteiger partial charge in [0, 0.05) is 15.2 Å². The Labute approximate surface area is 141 Å². The molecule has 0 radical (unpaired) electrons. The fraction of sp³-hybridized carbons (Fsp3) is 0.0769. The number of anilines is 2. The number of nitrogens with one attached hydrogen (secondary N) is 1. The minimum Gasteiger partial charge on any atom is -0.398 e. The number of sulfonamides is 1. The van der Waals surface area contributed by atoms with Crippen molar-refractivity contribution in [3.63, 3.8) is 0 Å². The van der Waals surface area contributed by atoms with Gasteiger partial charge in [0.25, 0.3) is 10.0 Å². The Balaban J connectivity index is 2.45. The molecule has 0 saturated carbocycles. The van der Waals surface area contributed by atoms with Crippen molar-refractivity contribution in [1.29, 1.82) is 0 Å². The molecule has 0 spiro atoms. The first-order valence-corrected chi connectivity index (χ1v) is 8.77. The summed E-state index contributed by atoms with van der Waals surface area (Å²) in [5, 5.41) is 0.747. The lowest BCUT2D eigenvalue weighted by Crippen LogP contribution is -2.15. The van der Waals surface area contributed by atoms with E-state index in [9.17, 15) is 8.42 Å². The van der Waals surface area contributed by atoms with Crippen molar-refractivity contribution < 1.29 is 8.42 Å². The summed E-state index contributed by atoms with van der Waals surface area (Å²) < 4.78 is 28.0. The summed E-state index contributed by atoms with van der Waals surface area (Å²) in [6, 6.07) is 7.59. The van der Waals surface area contributed by atoms with Gasteiger partial charge in [-0.3, -0.25) is 4.72 Å². The third-order valence-corrected chi connectivity index (χ3v) is 5.77. The molecule has 0 bridgehead atoms. The standard InChI is InChI=1S/C13H11BrCl2N2O2S/c1-7-12(17)4-8(15)5-13(7)21(19,20)18-9-2-3-11(16)10(14)6-9/h2-6,18H,17H2,1H3. The van der Waals surface area contributed by atoms with Gasteiger partial charge in [0.05, 0.1) is 15.6 Å². The highest BCUT2D eigenvalue weighted by Gasteiger charge is 2.19. The average Bonchev–Trinajstić information content (AvgIpc) is 2.37. The van der Waals surface area contributed by atoms with Crippen molar-refractivity contribution in [2.45, 2.75) is 11.8 Å². The van der Waals surface area contributed by atoms with E-state index < -0.39 is 10.0 Å². The highest BCUT2D eigenvalue weighted by atomic mass is 79.9. The Bertz CT molecular complexity index is 810. The van der Waals surface area contributed by atoms with Gasteiger partial charge in [-0.05, 0) is 58.7 Å². The largest absolute Gasteiger partial charge is 0.398 e. The van der Waals surface area contributed by atoms with Gasteiger partial charge in [0.2, 0.25) is 0 Å². The van der Waals surface area contributed by atoms with Gasteiger partial charge in [0.15, 0.2) is 0 Å². The van der Waals surface area contributed by atoms with Crippen LogP contribution in [-0.2, 0) is 10.0 Å². The Morgan fingerprint density at radius 2 is 1.86 bits per heavy atom. The second-order valence-corrected chi connectivity index (χ2v) is 7.70. The summed E-state index contributed by atoms with van der Waals surface area (Å²) in [7, 11) is -3.80. The van der Waals surface area contributed by atoms with Crippen molar-refractivity contribution in [2.24, 2.45) is 0 Å². The first-order chi connectivity index (χ1) is 9.70. The molecule has 21 heavy (non-hydrogen) atoms. The molecule has 0 unspecified atom stereocenters. The average molecular weight is 410 g/mol. The third-order valence-electron chi connectivity index (χ3n) is 2.83. The number of rotatable bonds is 3. The minimum atomic E-state index is -3.80. The van der Waals surface area contributed by atoms with Crippen LogP contribution >= 0.6 is 39.1 Å². The number of halogens is 3. The van der Waals surface area contributed by atoms with Gasteiger partial charge in [-0.25, -0.2) is 8.42 Å². The van der Waals surface area contributed by atoms with E-state index in [1.807, 2.05) is 0 Å². The Morgan fingerprint density at radius 1 is 1.19 bits per heavy atom. The molecule has 2 aromatic rings. The van der Waals surface area contributed by atoms with Gasteiger partial charge in [0.1, 0.15) is 0 Å². The molecular weight excluding hydrogens is 399 g/mol. The molecular formula is C13H11BrCl2N2O2S. The minimum absolute atomic E-state index is 0.0403. The lowest BCUT2D eigenvalue weighted by molar-refractivity contribution is 0.600. The van der Waals surface area contributed by atoms with Crippen molar-refractivity contribution in [1.82, 2.24) is 0 Å². The molecule has 0 heterocycles. The fourth-order valence-corrected chi connectivity index (χ4v) is 3.86. The summed E-state index contributed by atoms with van der Waals surface area (Å²) in [5.41, 5.74) is 6.90. The molecule has 2 aromatic carbocycles. The maximum Gasteiger partial charge on any atom is 0.262 e. The molecule has 0 aliphatic carbocycles. The number of nitrogens with two attached hydrogens (primary N) is 1. The molecule has 0 aliphatic rings. The first kappa shape index (κ1) is 16.4. The third kappa shape index (κ3) is 3.63. The van der Waals surface area contributed by atoms with E-state index in [0.29, 0.717) is 26.4 Å². The molecule has 2 rings (SSSR count). The van der Waals surface area contributed by atoms with Gasteiger partial charge in [-0.2, -0.15) is 0 Å². The van der Waals surface area contributed by atoms with Crippen molar-refractivity contribution in [3.8, 4) is 0 Å². The Kier molecular flexibility index (Phi) is 4.72. The molecule has 3 N–H and O–H groups in total. The predicted molar refractivity (Wildman–Crippen MR) is 90.6 cm³/mol. The van der Waals surface area contributed by atoms with Gasteiger partial charge in [-0.1, -0.05) is 23.2 Å². The van der Waals surface area contributed by atoms with E-state index >= 15 is 0 Å². The van der Waals surface area contributed by atoms with Crippen LogP contribution < -0.4 is 10.5 Å². The van der Waals surface area contributed by atoms with Crippen molar-refractivity contribution in [2.75, 3.05) is 10.5 Å². The molecule has 0 aromatic heterocycles. The number of nitrogen functional groups attached to an aromatic ring is 1. The zero-order chi connectivity index (χ0) is 15.8. The predicted octanol–water partition coefficient (Wildman–Crippen LogP) is 4.45. The van der Waals surface area contributed by atoms with Crippen LogP contribution in [0.2, 0.25) is 10.0 Å². The normalized spacial score (nSPS) is 11.4. The van der Waals surface area contributed by atoms with Gasteiger partial charge >= 0.3 is 0 Å². The molecule has 0 atom stereocenters. The Morgan fingerprint density at radius 3 is 2.48 bits per heavy atom.